The van der Waals surface area contributed by atoms with Gasteiger partial charge < -0.3 is 15.3 Å². The van der Waals surface area contributed by atoms with Gasteiger partial charge in [0, 0.05) is 24.9 Å². The van der Waals surface area contributed by atoms with Crippen molar-refractivity contribution < 1.29 is 5.11 Å². The zero-order valence-corrected chi connectivity index (χ0v) is 9.90. The first kappa shape index (κ1) is 13.2. The minimum atomic E-state index is -0.265. The lowest BCUT2D eigenvalue weighted by Crippen LogP contribution is -2.39. The average molecular weight is 206 g/mol. The lowest BCUT2D eigenvalue weighted by Gasteiger charge is -2.19. The van der Waals surface area contributed by atoms with Crippen molar-refractivity contribution in [1.82, 2.24) is 10.2 Å². The molecule has 4 heteroatoms. The van der Waals surface area contributed by atoms with Crippen LogP contribution >= 0.6 is 11.8 Å². The predicted molar refractivity (Wildman–Crippen MR) is 60.4 cm³/mol. The summed E-state index contributed by atoms with van der Waals surface area (Å²) in [6.07, 6.45) is 1.83. The lowest BCUT2D eigenvalue weighted by atomic mass is 10.3. The summed E-state index contributed by atoms with van der Waals surface area (Å²) in [6, 6.07) is 0.479. The van der Waals surface area contributed by atoms with E-state index >= 15 is 0 Å². The molecule has 2 N–H and O–H groups in total. The van der Waals surface area contributed by atoms with Gasteiger partial charge in [-0.1, -0.05) is 0 Å². The molecule has 3 nitrogen and oxygen atoms in total. The van der Waals surface area contributed by atoms with Crippen LogP contribution in [0.1, 0.15) is 6.92 Å². The molecule has 0 aromatic carbocycles. The Bertz CT molecular complexity index is 122. The molecule has 0 radical (unpaired) electrons. The molecule has 0 saturated heterocycles. The molecule has 0 aromatic heterocycles. The Labute approximate surface area is 85.9 Å². The largest absolute Gasteiger partial charge is 0.390 e. The molecule has 0 aliphatic rings. The van der Waals surface area contributed by atoms with Gasteiger partial charge in [0.25, 0.3) is 0 Å². The van der Waals surface area contributed by atoms with E-state index in [9.17, 15) is 5.11 Å². The SMILES string of the molecule is CSCC(C)NCC(O)CN(C)C. The van der Waals surface area contributed by atoms with E-state index in [4.69, 9.17) is 0 Å². The van der Waals surface area contributed by atoms with E-state index in [1.807, 2.05) is 30.8 Å². The Morgan fingerprint density at radius 1 is 1.46 bits per heavy atom. The number of rotatable bonds is 7. The molecule has 0 bridgehead atoms. The summed E-state index contributed by atoms with van der Waals surface area (Å²) >= 11 is 1.82. The van der Waals surface area contributed by atoms with Crippen molar-refractivity contribution in [2.24, 2.45) is 0 Å². The third kappa shape index (κ3) is 8.56. The summed E-state index contributed by atoms with van der Waals surface area (Å²) in [7, 11) is 3.93. The first-order chi connectivity index (χ1) is 6.06. The normalized spacial score (nSPS) is 16.2. The van der Waals surface area contributed by atoms with E-state index in [-0.39, 0.29) is 6.10 Å². The second kappa shape index (κ2) is 7.62. The smallest absolute Gasteiger partial charge is 0.0791 e. The second-order valence-corrected chi connectivity index (χ2v) is 4.59. The van der Waals surface area contributed by atoms with Gasteiger partial charge >= 0.3 is 0 Å². The summed E-state index contributed by atoms with van der Waals surface area (Å²) in [5.74, 6) is 1.09. The van der Waals surface area contributed by atoms with Crippen LogP contribution in [0.3, 0.4) is 0 Å². The quantitative estimate of drug-likeness (QED) is 0.626. The number of likely N-dealkylation sites (N-methyl/N-ethyl adjacent to an activating group) is 1. The maximum atomic E-state index is 9.53. The zero-order valence-electron chi connectivity index (χ0n) is 9.08. The molecule has 80 valence electrons. The molecule has 0 aromatic rings. The molecule has 0 amide bonds. The number of aliphatic hydroxyl groups is 1. The van der Waals surface area contributed by atoms with Crippen LogP contribution in [0, 0.1) is 0 Å². The monoisotopic (exact) mass is 206 g/mol. The van der Waals surface area contributed by atoms with E-state index in [1.54, 1.807) is 0 Å². The topological polar surface area (TPSA) is 35.5 Å². The molecular weight excluding hydrogens is 184 g/mol. The van der Waals surface area contributed by atoms with Crippen LogP contribution in [0.4, 0.5) is 0 Å². The van der Waals surface area contributed by atoms with Gasteiger partial charge in [-0.15, -0.1) is 0 Å². The van der Waals surface area contributed by atoms with Gasteiger partial charge in [0.15, 0.2) is 0 Å². The van der Waals surface area contributed by atoms with Gasteiger partial charge in [-0.25, -0.2) is 0 Å². The van der Waals surface area contributed by atoms with Crippen molar-refractivity contribution in [3.63, 3.8) is 0 Å². The van der Waals surface area contributed by atoms with E-state index < -0.39 is 0 Å². The molecule has 2 unspecified atom stereocenters. The minimum absolute atomic E-state index is 0.265. The van der Waals surface area contributed by atoms with Crippen LogP contribution in [-0.2, 0) is 0 Å². The van der Waals surface area contributed by atoms with Gasteiger partial charge in [0.2, 0.25) is 0 Å². The van der Waals surface area contributed by atoms with Crippen LogP contribution in [0.25, 0.3) is 0 Å². The summed E-state index contributed by atoms with van der Waals surface area (Å²) in [4.78, 5) is 1.99. The van der Waals surface area contributed by atoms with Gasteiger partial charge in [-0.2, -0.15) is 11.8 Å². The Balaban J connectivity index is 3.40. The molecule has 0 saturated carbocycles. The van der Waals surface area contributed by atoms with E-state index in [2.05, 4.69) is 18.5 Å². The second-order valence-electron chi connectivity index (χ2n) is 3.68. The standard InChI is InChI=1S/C9H22N2OS/c1-8(7-13-4)10-5-9(12)6-11(2)3/h8-10,12H,5-7H2,1-4H3. The Hall–Kier alpha value is 0.230. The molecule has 0 spiro atoms. The number of hydrogen-bond donors (Lipinski definition) is 2. The fourth-order valence-corrected chi connectivity index (χ4v) is 1.75. The van der Waals surface area contributed by atoms with E-state index in [0.717, 1.165) is 12.3 Å². The minimum Gasteiger partial charge on any atom is -0.390 e. The Morgan fingerprint density at radius 3 is 2.54 bits per heavy atom. The summed E-state index contributed by atoms with van der Waals surface area (Å²) in [5, 5.41) is 12.8. The van der Waals surface area contributed by atoms with E-state index in [1.165, 1.54) is 0 Å². The lowest BCUT2D eigenvalue weighted by molar-refractivity contribution is 0.133. The molecule has 2 atom stereocenters. The third-order valence-corrected chi connectivity index (χ3v) is 2.53. The van der Waals surface area contributed by atoms with E-state index in [0.29, 0.717) is 12.6 Å². The number of aliphatic hydroxyl groups excluding tert-OH is 1. The van der Waals surface area contributed by atoms with Crippen molar-refractivity contribution in [3.8, 4) is 0 Å². The van der Waals surface area contributed by atoms with Crippen molar-refractivity contribution in [2.45, 2.75) is 19.1 Å². The number of nitrogens with one attached hydrogen (secondary N) is 1. The Kier molecular flexibility index (Phi) is 7.75. The van der Waals surface area contributed by atoms with Gasteiger partial charge in [0.1, 0.15) is 0 Å². The Morgan fingerprint density at radius 2 is 2.08 bits per heavy atom. The van der Waals surface area contributed by atoms with Crippen molar-refractivity contribution >= 4 is 11.8 Å². The number of thioether (sulfide) groups is 1. The maximum Gasteiger partial charge on any atom is 0.0791 e. The third-order valence-electron chi connectivity index (χ3n) is 1.69. The highest BCUT2D eigenvalue weighted by Gasteiger charge is 2.07. The van der Waals surface area contributed by atoms with Crippen molar-refractivity contribution in [1.29, 1.82) is 0 Å². The molecular formula is C9H22N2OS. The zero-order chi connectivity index (χ0) is 10.3. The fraction of sp³-hybridized carbons (Fsp3) is 1.00. The van der Waals surface area contributed by atoms with Crippen LogP contribution in [0.15, 0.2) is 0 Å². The summed E-state index contributed by atoms with van der Waals surface area (Å²) in [6.45, 7) is 3.54. The number of nitrogens with zero attached hydrogens (tertiary/aromatic N) is 1. The summed E-state index contributed by atoms with van der Waals surface area (Å²) in [5.41, 5.74) is 0. The van der Waals surface area contributed by atoms with Crippen LogP contribution in [0.5, 0.6) is 0 Å². The highest BCUT2D eigenvalue weighted by molar-refractivity contribution is 7.98. The van der Waals surface area contributed by atoms with Gasteiger partial charge in [-0.05, 0) is 27.3 Å². The molecule has 0 aliphatic carbocycles. The van der Waals surface area contributed by atoms with Crippen LogP contribution < -0.4 is 5.32 Å². The summed E-state index contributed by atoms with van der Waals surface area (Å²) < 4.78 is 0. The first-order valence-corrected chi connectivity index (χ1v) is 6.00. The van der Waals surface area contributed by atoms with Crippen LogP contribution in [-0.4, -0.2) is 61.3 Å². The fourth-order valence-electron chi connectivity index (χ4n) is 1.13. The molecule has 0 aliphatic heterocycles. The molecule has 0 heterocycles. The van der Waals surface area contributed by atoms with Crippen molar-refractivity contribution in [3.05, 3.63) is 0 Å². The average Bonchev–Trinajstić information content (AvgIpc) is 2.00. The van der Waals surface area contributed by atoms with Gasteiger partial charge in [-0.3, -0.25) is 0 Å². The van der Waals surface area contributed by atoms with Crippen LogP contribution in [0.2, 0.25) is 0 Å². The van der Waals surface area contributed by atoms with Gasteiger partial charge in [0.05, 0.1) is 6.10 Å². The highest BCUT2D eigenvalue weighted by Crippen LogP contribution is 1.96. The highest BCUT2D eigenvalue weighted by atomic mass is 32.2. The molecule has 0 fully saturated rings. The number of hydrogen-bond acceptors (Lipinski definition) is 4. The maximum absolute atomic E-state index is 9.53. The van der Waals surface area contributed by atoms with Crippen molar-refractivity contribution in [2.75, 3.05) is 39.2 Å². The molecule has 0 rings (SSSR count). The molecule has 13 heavy (non-hydrogen) atoms. The predicted octanol–water partition coefficient (Wildman–Crippen LogP) is 0.250. The first-order valence-electron chi connectivity index (χ1n) is 4.61.